The van der Waals surface area contributed by atoms with Crippen molar-refractivity contribution in [1.29, 1.82) is 0 Å². The van der Waals surface area contributed by atoms with Gasteiger partial charge in [0.1, 0.15) is 0 Å². The molecule has 5 heteroatoms. The molecule has 0 aliphatic heterocycles. The topological polar surface area (TPSA) is 49.6 Å². The summed E-state index contributed by atoms with van der Waals surface area (Å²) in [4.78, 5) is 5.49. The van der Waals surface area contributed by atoms with Gasteiger partial charge in [0.05, 0.1) is 11.8 Å². The largest absolute Gasteiger partial charge is 0.392 e. The number of aliphatic hydroxyl groups excluding tert-OH is 1. The first kappa shape index (κ1) is 10.3. The van der Waals surface area contributed by atoms with Crippen LogP contribution in [0.4, 0.5) is 0 Å². The first-order valence-corrected chi connectivity index (χ1v) is 6.51. The summed E-state index contributed by atoms with van der Waals surface area (Å²) in [5.41, 5.74) is 1.04. The Balaban J connectivity index is 1.52. The van der Waals surface area contributed by atoms with Gasteiger partial charge in [0.2, 0.25) is 0 Å². The highest BCUT2D eigenvalue weighted by molar-refractivity contribution is 7.15. The van der Waals surface area contributed by atoms with Gasteiger partial charge in [-0.05, 0) is 18.8 Å². The van der Waals surface area contributed by atoms with E-state index in [1.807, 2.05) is 22.2 Å². The number of nitrogens with zero attached hydrogens (tertiary/aromatic N) is 2. The van der Waals surface area contributed by atoms with Crippen molar-refractivity contribution < 1.29 is 5.11 Å². The third-order valence-electron chi connectivity index (χ3n) is 2.97. The molecule has 1 saturated carbocycles. The summed E-state index contributed by atoms with van der Waals surface area (Å²) >= 11 is 1.64. The highest BCUT2D eigenvalue weighted by atomic mass is 32.1. The minimum Gasteiger partial charge on any atom is -0.392 e. The summed E-state index contributed by atoms with van der Waals surface area (Å²) in [6.07, 6.45) is 6.23. The predicted octanol–water partition coefficient (Wildman–Crippen LogP) is 1.26. The van der Waals surface area contributed by atoms with E-state index < -0.39 is 0 Å². The number of thiazole rings is 1. The van der Waals surface area contributed by atoms with Crippen LogP contribution < -0.4 is 5.32 Å². The molecule has 3 rings (SSSR count). The van der Waals surface area contributed by atoms with Gasteiger partial charge < -0.3 is 10.4 Å². The zero-order valence-electron chi connectivity index (χ0n) is 8.97. The van der Waals surface area contributed by atoms with E-state index in [-0.39, 0.29) is 6.10 Å². The van der Waals surface area contributed by atoms with Crippen LogP contribution >= 0.6 is 11.3 Å². The minimum absolute atomic E-state index is 0.177. The van der Waals surface area contributed by atoms with Gasteiger partial charge in [0.15, 0.2) is 4.96 Å². The lowest BCUT2D eigenvalue weighted by Gasteiger charge is -2.08. The van der Waals surface area contributed by atoms with Gasteiger partial charge in [0, 0.05) is 30.9 Å². The Hall–Kier alpha value is -0.910. The van der Waals surface area contributed by atoms with Gasteiger partial charge in [0.25, 0.3) is 0 Å². The summed E-state index contributed by atoms with van der Waals surface area (Å²) in [6.45, 7) is 1.41. The molecule has 0 saturated heterocycles. The maximum Gasteiger partial charge on any atom is 0.193 e. The van der Waals surface area contributed by atoms with Crippen LogP contribution in [-0.2, 0) is 6.54 Å². The molecule has 1 unspecified atom stereocenters. The summed E-state index contributed by atoms with van der Waals surface area (Å²) in [6, 6.07) is 0. The lowest BCUT2D eigenvalue weighted by Crippen LogP contribution is -2.27. The van der Waals surface area contributed by atoms with Gasteiger partial charge in [-0.15, -0.1) is 11.3 Å². The predicted molar refractivity (Wildman–Crippen MR) is 63.5 cm³/mol. The quantitative estimate of drug-likeness (QED) is 0.823. The van der Waals surface area contributed by atoms with Gasteiger partial charge in [-0.2, -0.15) is 0 Å². The molecule has 1 fully saturated rings. The molecule has 2 aromatic rings. The van der Waals surface area contributed by atoms with Crippen molar-refractivity contribution in [2.75, 3.05) is 6.54 Å². The fraction of sp³-hybridized carbons (Fsp3) is 0.545. The van der Waals surface area contributed by atoms with E-state index in [0.29, 0.717) is 12.5 Å². The lowest BCUT2D eigenvalue weighted by molar-refractivity contribution is 0.148. The lowest BCUT2D eigenvalue weighted by atomic mass is 10.2. The van der Waals surface area contributed by atoms with Crippen LogP contribution in [0.15, 0.2) is 17.8 Å². The molecule has 0 radical (unpaired) electrons. The molecule has 0 bridgehead atoms. The third kappa shape index (κ3) is 2.11. The SMILES string of the molecule is OC(CNCc1cn2ccsc2n1)C1CC1. The maximum absolute atomic E-state index is 9.68. The Kier molecular flexibility index (Phi) is 2.67. The minimum atomic E-state index is -0.177. The fourth-order valence-electron chi connectivity index (χ4n) is 1.86. The van der Waals surface area contributed by atoms with Crippen molar-refractivity contribution in [2.45, 2.75) is 25.5 Å². The number of rotatable bonds is 5. The van der Waals surface area contributed by atoms with Gasteiger partial charge >= 0.3 is 0 Å². The van der Waals surface area contributed by atoms with Gasteiger partial charge in [-0.3, -0.25) is 4.40 Å². The van der Waals surface area contributed by atoms with Crippen molar-refractivity contribution >= 4 is 16.3 Å². The molecule has 1 aliphatic carbocycles. The molecule has 2 N–H and O–H groups in total. The molecule has 86 valence electrons. The summed E-state index contributed by atoms with van der Waals surface area (Å²) in [5.74, 6) is 0.540. The fourth-order valence-corrected chi connectivity index (χ4v) is 2.58. The molecule has 0 spiro atoms. The number of aromatic nitrogens is 2. The Morgan fingerprint density at radius 2 is 2.50 bits per heavy atom. The molecule has 0 aromatic carbocycles. The average molecular weight is 237 g/mol. The van der Waals surface area contributed by atoms with Crippen LogP contribution in [0.25, 0.3) is 4.96 Å². The Morgan fingerprint density at radius 3 is 3.25 bits per heavy atom. The second-order valence-corrected chi connectivity index (χ2v) is 5.23. The van der Waals surface area contributed by atoms with Crippen molar-refractivity contribution in [2.24, 2.45) is 5.92 Å². The van der Waals surface area contributed by atoms with Crippen LogP contribution in [0.3, 0.4) is 0 Å². The van der Waals surface area contributed by atoms with Crippen molar-refractivity contribution in [3.8, 4) is 0 Å². The number of hydrogen-bond acceptors (Lipinski definition) is 4. The van der Waals surface area contributed by atoms with E-state index in [1.165, 1.54) is 12.8 Å². The molecule has 2 aromatic heterocycles. The first-order chi connectivity index (χ1) is 7.83. The zero-order chi connectivity index (χ0) is 11.0. The van der Waals surface area contributed by atoms with E-state index >= 15 is 0 Å². The number of aliphatic hydroxyl groups is 1. The van der Waals surface area contributed by atoms with E-state index in [9.17, 15) is 5.11 Å². The molecule has 2 heterocycles. The molecular weight excluding hydrogens is 222 g/mol. The first-order valence-electron chi connectivity index (χ1n) is 5.63. The van der Waals surface area contributed by atoms with Gasteiger partial charge in [-0.25, -0.2) is 4.98 Å². The molecule has 1 aliphatic rings. The smallest absolute Gasteiger partial charge is 0.193 e. The van der Waals surface area contributed by atoms with Crippen LogP contribution in [0.1, 0.15) is 18.5 Å². The van der Waals surface area contributed by atoms with Crippen LogP contribution in [0.2, 0.25) is 0 Å². The van der Waals surface area contributed by atoms with Crippen molar-refractivity contribution in [1.82, 2.24) is 14.7 Å². The zero-order valence-corrected chi connectivity index (χ0v) is 9.78. The van der Waals surface area contributed by atoms with Crippen LogP contribution in [-0.4, -0.2) is 27.1 Å². The summed E-state index contributed by atoms with van der Waals surface area (Å²) < 4.78 is 2.03. The Labute approximate surface area is 97.9 Å². The normalized spacial score (nSPS) is 18.1. The highest BCUT2D eigenvalue weighted by Gasteiger charge is 2.29. The van der Waals surface area contributed by atoms with Gasteiger partial charge in [-0.1, -0.05) is 0 Å². The summed E-state index contributed by atoms with van der Waals surface area (Å²) in [7, 11) is 0. The van der Waals surface area contributed by atoms with Crippen molar-refractivity contribution in [3.63, 3.8) is 0 Å². The standard InChI is InChI=1S/C11H15N3OS/c15-10(8-1-2-8)6-12-5-9-7-14-3-4-16-11(14)13-9/h3-4,7-8,10,12,15H,1-2,5-6H2. The Morgan fingerprint density at radius 1 is 1.62 bits per heavy atom. The molecule has 1 atom stereocenters. The van der Waals surface area contributed by atoms with E-state index in [0.717, 1.165) is 17.2 Å². The molecular formula is C11H15N3OS. The van der Waals surface area contributed by atoms with E-state index in [2.05, 4.69) is 10.3 Å². The third-order valence-corrected chi connectivity index (χ3v) is 3.74. The molecule has 16 heavy (non-hydrogen) atoms. The second kappa shape index (κ2) is 4.16. The number of fused-ring (bicyclic) bond motifs is 1. The van der Waals surface area contributed by atoms with Crippen molar-refractivity contribution in [3.05, 3.63) is 23.5 Å². The van der Waals surface area contributed by atoms with Crippen LogP contribution in [0.5, 0.6) is 0 Å². The highest BCUT2D eigenvalue weighted by Crippen LogP contribution is 2.32. The van der Waals surface area contributed by atoms with E-state index in [1.54, 1.807) is 11.3 Å². The van der Waals surface area contributed by atoms with Crippen LogP contribution in [0, 0.1) is 5.92 Å². The molecule has 0 amide bonds. The molecule has 4 nitrogen and oxygen atoms in total. The Bertz CT molecular complexity index is 446. The van der Waals surface area contributed by atoms with E-state index in [4.69, 9.17) is 0 Å². The average Bonchev–Trinajstić information content (AvgIpc) is 2.91. The monoisotopic (exact) mass is 237 g/mol. The number of imidazole rings is 1. The maximum atomic E-state index is 9.68. The number of hydrogen-bond donors (Lipinski definition) is 2. The summed E-state index contributed by atoms with van der Waals surface area (Å²) in [5, 5.41) is 15.0. The second-order valence-electron chi connectivity index (χ2n) is 4.36. The number of nitrogens with one attached hydrogen (secondary N) is 1.